The van der Waals surface area contributed by atoms with Gasteiger partial charge in [0.1, 0.15) is 22.4 Å². The number of amides is 2. The summed E-state index contributed by atoms with van der Waals surface area (Å²) in [5.41, 5.74) is 1.52. The number of methoxy groups -OCH3 is 1. The summed E-state index contributed by atoms with van der Waals surface area (Å²) in [6.07, 6.45) is 0.507. The van der Waals surface area contributed by atoms with Crippen LogP contribution >= 0.6 is 11.8 Å². The topological polar surface area (TPSA) is 82.4 Å². The Balaban J connectivity index is 2.03. The molecule has 3 rings (SSSR count). The second-order valence-corrected chi connectivity index (χ2v) is 7.23. The number of carbonyl (C=O) groups excluding carboxylic acids is 2. The van der Waals surface area contributed by atoms with Crippen LogP contribution in [0.2, 0.25) is 0 Å². The molecule has 2 amide bonds. The van der Waals surface area contributed by atoms with E-state index in [0.717, 1.165) is 5.56 Å². The smallest absolute Gasteiger partial charge is 0.264 e. The maximum atomic E-state index is 13.2. The summed E-state index contributed by atoms with van der Waals surface area (Å²) in [5.74, 6) is -0.0245. The van der Waals surface area contributed by atoms with Crippen molar-refractivity contribution in [3.8, 4) is 11.8 Å². The first kappa shape index (κ1) is 19.5. The lowest BCUT2D eigenvalue weighted by Gasteiger charge is -2.18. The first-order valence-corrected chi connectivity index (χ1v) is 9.52. The molecule has 0 saturated carbocycles. The summed E-state index contributed by atoms with van der Waals surface area (Å²) in [4.78, 5) is 26.9. The van der Waals surface area contributed by atoms with Crippen molar-refractivity contribution in [2.24, 2.45) is 0 Å². The van der Waals surface area contributed by atoms with Crippen molar-refractivity contribution in [2.45, 2.75) is 11.7 Å². The molecule has 142 valence electrons. The average molecular weight is 393 g/mol. The molecule has 1 aliphatic rings. The Morgan fingerprint density at radius 3 is 2.46 bits per heavy atom. The van der Waals surface area contributed by atoms with Gasteiger partial charge in [0.15, 0.2) is 0 Å². The first-order chi connectivity index (χ1) is 13.6. The van der Waals surface area contributed by atoms with Gasteiger partial charge in [-0.25, -0.2) is 0 Å². The molecule has 1 heterocycles. The summed E-state index contributed by atoms with van der Waals surface area (Å²) in [5, 5.41) is 12.0. The molecular formula is C21H19N3O3S. The minimum Gasteiger partial charge on any atom is -0.497 e. The monoisotopic (exact) mass is 393 g/mol. The number of carbonyl (C=O) groups is 2. The summed E-state index contributed by atoms with van der Waals surface area (Å²) in [6, 6.07) is 18.6. The van der Waals surface area contributed by atoms with E-state index in [-0.39, 0.29) is 11.5 Å². The molecular weight excluding hydrogens is 374 g/mol. The van der Waals surface area contributed by atoms with Crippen LogP contribution in [0.15, 0.2) is 65.2 Å². The van der Waals surface area contributed by atoms with Crippen LogP contribution in [0.5, 0.6) is 5.75 Å². The van der Waals surface area contributed by atoms with Gasteiger partial charge in [-0.1, -0.05) is 42.1 Å². The highest BCUT2D eigenvalue weighted by atomic mass is 32.2. The molecule has 1 aliphatic heterocycles. The third-order valence-electron chi connectivity index (χ3n) is 4.33. The van der Waals surface area contributed by atoms with E-state index in [2.05, 4.69) is 5.32 Å². The van der Waals surface area contributed by atoms with Crippen LogP contribution in [0.3, 0.4) is 0 Å². The Kier molecular flexibility index (Phi) is 6.02. The normalized spacial score (nSPS) is 17.8. The number of ether oxygens (including phenoxy) is 1. The van der Waals surface area contributed by atoms with E-state index < -0.39 is 11.2 Å². The van der Waals surface area contributed by atoms with E-state index >= 15 is 0 Å². The molecule has 0 bridgehead atoms. The zero-order valence-electron chi connectivity index (χ0n) is 15.5. The quantitative estimate of drug-likeness (QED) is 0.624. The van der Waals surface area contributed by atoms with Crippen molar-refractivity contribution >= 4 is 29.3 Å². The largest absolute Gasteiger partial charge is 0.497 e. The van der Waals surface area contributed by atoms with E-state index in [4.69, 9.17) is 4.74 Å². The minimum atomic E-state index is -0.517. The van der Waals surface area contributed by atoms with Crippen LogP contribution in [0.1, 0.15) is 5.56 Å². The number of nitrogens with one attached hydrogen (secondary N) is 1. The Labute approximate surface area is 167 Å². The molecule has 0 aromatic heterocycles. The van der Waals surface area contributed by atoms with Crippen molar-refractivity contribution in [1.82, 2.24) is 5.32 Å². The van der Waals surface area contributed by atoms with Crippen LogP contribution in [0.25, 0.3) is 0 Å². The van der Waals surface area contributed by atoms with E-state index in [0.29, 0.717) is 22.9 Å². The molecule has 2 aromatic rings. The maximum Gasteiger partial charge on any atom is 0.264 e. The standard InChI is InChI=1S/C21H19N3O3S/c1-23-19(25)17(13-22)21-24(15-8-10-16(27-2)11-9-15)20(26)18(28-21)12-14-6-4-3-5-7-14/h3-11,18H,12H2,1-2H3,(H,23,25)/b21-17-. The van der Waals surface area contributed by atoms with Gasteiger partial charge in [-0.05, 0) is 36.2 Å². The summed E-state index contributed by atoms with van der Waals surface area (Å²) in [7, 11) is 3.02. The third kappa shape index (κ3) is 3.87. The predicted molar refractivity (Wildman–Crippen MR) is 109 cm³/mol. The van der Waals surface area contributed by atoms with E-state index in [1.54, 1.807) is 31.4 Å². The third-order valence-corrected chi connectivity index (χ3v) is 5.59. The lowest BCUT2D eigenvalue weighted by molar-refractivity contribution is -0.117. The lowest BCUT2D eigenvalue weighted by Crippen LogP contribution is -2.31. The molecule has 6 nitrogen and oxygen atoms in total. The number of thioether (sulfide) groups is 1. The molecule has 1 fully saturated rings. The molecule has 2 aromatic carbocycles. The van der Waals surface area contributed by atoms with Crippen molar-refractivity contribution in [2.75, 3.05) is 19.1 Å². The fraction of sp³-hybridized carbons (Fsp3) is 0.190. The summed E-state index contributed by atoms with van der Waals surface area (Å²) in [6.45, 7) is 0. The van der Waals surface area contributed by atoms with Gasteiger partial charge in [0.05, 0.1) is 12.4 Å². The maximum absolute atomic E-state index is 13.2. The van der Waals surface area contributed by atoms with Gasteiger partial charge in [0.2, 0.25) is 5.91 Å². The molecule has 0 aliphatic carbocycles. The zero-order valence-corrected chi connectivity index (χ0v) is 16.3. The zero-order chi connectivity index (χ0) is 20.1. The fourth-order valence-electron chi connectivity index (χ4n) is 2.91. The number of hydrogen-bond donors (Lipinski definition) is 1. The average Bonchev–Trinajstić information content (AvgIpc) is 3.05. The Bertz CT molecular complexity index is 949. The van der Waals surface area contributed by atoms with Gasteiger partial charge in [0.25, 0.3) is 5.91 Å². The van der Waals surface area contributed by atoms with Crippen LogP contribution in [-0.2, 0) is 16.0 Å². The highest BCUT2D eigenvalue weighted by Crippen LogP contribution is 2.42. The number of rotatable bonds is 5. The highest BCUT2D eigenvalue weighted by molar-refractivity contribution is 8.05. The van der Waals surface area contributed by atoms with Gasteiger partial charge in [-0.15, -0.1) is 0 Å². The molecule has 1 N–H and O–H groups in total. The predicted octanol–water partition coefficient (Wildman–Crippen LogP) is 2.87. The van der Waals surface area contributed by atoms with Crippen molar-refractivity contribution in [3.05, 3.63) is 70.8 Å². The Morgan fingerprint density at radius 2 is 1.89 bits per heavy atom. The second-order valence-electron chi connectivity index (χ2n) is 6.04. The van der Waals surface area contributed by atoms with E-state index in [1.165, 1.54) is 23.7 Å². The number of anilines is 1. The SMILES string of the molecule is CNC(=O)/C(C#N)=C1\SC(Cc2ccccc2)C(=O)N1c1ccc(OC)cc1. The lowest BCUT2D eigenvalue weighted by atomic mass is 10.1. The van der Waals surface area contributed by atoms with E-state index in [9.17, 15) is 14.9 Å². The summed E-state index contributed by atoms with van der Waals surface area (Å²) < 4.78 is 5.17. The molecule has 0 spiro atoms. The van der Waals surface area contributed by atoms with Crippen LogP contribution in [0.4, 0.5) is 5.69 Å². The van der Waals surface area contributed by atoms with Gasteiger partial charge >= 0.3 is 0 Å². The van der Waals surface area contributed by atoms with Crippen LogP contribution < -0.4 is 15.0 Å². The number of likely N-dealkylation sites (N-methyl/N-ethyl adjacent to an activating group) is 1. The molecule has 7 heteroatoms. The molecule has 1 unspecified atom stereocenters. The number of benzene rings is 2. The van der Waals surface area contributed by atoms with Gasteiger partial charge in [-0.3, -0.25) is 14.5 Å². The number of nitriles is 1. The number of hydrogen-bond acceptors (Lipinski definition) is 5. The van der Waals surface area contributed by atoms with E-state index in [1.807, 2.05) is 36.4 Å². The van der Waals surface area contributed by atoms with Gasteiger partial charge < -0.3 is 10.1 Å². The molecule has 1 atom stereocenters. The van der Waals surface area contributed by atoms with Crippen LogP contribution in [-0.4, -0.2) is 31.2 Å². The van der Waals surface area contributed by atoms with Crippen molar-refractivity contribution in [3.63, 3.8) is 0 Å². The van der Waals surface area contributed by atoms with Crippen molar-refractivity contribution in [1.29, 1.82) is 5.26 Å². The Morgan fingerprint density at radius 1 is 1.21 bits per heavy atom. The van der Waals surface area contributed by atoms with Crippen molar-refractivity contribution < 1.29 is 14.3 Å². The molecule has 0 radical (unpaired) electrons. The molecule has 28 heavy (non-hydrogen) atoms. The second kappa shape index (κ2) is 8.63. The van der Waals surface area contributed by atoms with Crippen LogP contribution in [0, 0.1) is 11.3 Å². The number of nitrogens with zero attached hydrogens (tertiary/aromatic N) is 2. The Hall–Kier alpha value is -3.24. The molecule has 1 saturated heterocycles. The summed E-state index contributed by atoms with van der Waals surface area (Å²) >= 11 is 1.24. The highest BCUT2D eigenvalue weighted by Gasteiger charge is 2.40. The van der Waals surface area contributed by atoms with Gasteiger partial charge in [-0.2, -0.15) is 5.26 Å². The van der Waals surface area contributed by atoms with Gasteiger partial charge in [0, 0.05) is 12.7 Å². The minimum absolute atomic E-state index is 0.0766. The fourth-order valence-corrected chi connectivity index (χ4v) is 4.21. The first-order valence-electron chi connectivity index (χ1n) is 8.64.